The van der Waals surface area contributed by atoms with Crippen LogP contribution in [0, 0.1) is 11.2 Å². The molecule has 0 aliphatic heterocycles. The minimum absolute atomic E-state index is 0.00230. The van der Waals surface area contributed by atoms with E-state index in [1.54, 1.807) is 6.07 Å². The summed E-state index contributed by atoms with van der Waals surface area (Å²) in [5.41, 5.74) is 0.0108. The van der Waals surface area contributed by atoms with Gasteiger partial charge in [0.2, 0.25) is 0 Å². The van der Waals surface area contributed by atoms with Gasteiger partial charge in [-0.15, -0.1) is 0 Å². The van der Waals surface area contributed by atoms with E-state index < -0.39 is 5.54 Å². The van der Waals surface area contributed by atoms with Crippen LogP contribution in [0.5, 0.6) is 0 Å². The molecule has 0 bridgehead atoms. The number of urea groups is 1. The molecule has 0 aromatic heterocycles. The van der Waals surface area contributed by atoms with Gasteiger partial charge in [0.25, 0.3) is 0 Å². The van der Waals surface area contributed by atoms with Gasteiger partial charge in [-0.3, -0.25) is 0 Å². The number of carbonyl (C=O) groups excluding carboxylic acids is 1. The summed E-state index contributed by atoms with van der Waals surface area (Å²) in [7, 11) is 0. The average molecular weight is 280 g/mol. The molecule has 0 saturated heterocycles. The molecule has 0 unspecified atom stereocenters. The lowest BCUT2D eigenvalue weighted by molar-refractivity contribution is 0.156. The van der Waals surface area contributed by atoms with E-state index in [9.17, 15) is 9.18 Å². The van der Waals surface area contributed by atoms with Gasteiger partial charge in [-0.2, -0.15) is 0 Å². The van der Waals surface area contributed by atoms with Gasteiger partial charge in [0.1, 0.15) is 5.82 Å². The third kappa shape index (κ3) is 3.48. The van der Waals surface area contributed by atoms with E-state index in [4.69, 9.17) is 5.11 Å². The zero-order chi connectivity index (χ0) is 14.8. The summed E-state index contributed by atoms with van der Waals surface area (Å²) in [5, 5.41) is 14.8. The Morgan fingerprint density at radius 1 is 1.45 bits per heavy atom. The Labute approximate surface area is 118 Å². The van der Waals surface area contributed by atoms with Crippen LogP contribution in [0.2, 0.25) is 0 Å². The van der Waals surface area contributed by atoms with E-state index in [1.807, 2.05) is 19.9 Å². The second-order valence-corrected chi connectivity index (χ2v) is 6.22. The highest BCUT2D eigenvalue weighted by Crippen LogP contribution is 2.45. The predicted octanol–water partition coefficient (Wildman–Crippen LogP) is 2.13. The van der Waals surface area contributed by atoms with Gasteiger partial charge in [-0.25, -0.2) is 9.18 Å². The number of rotatable bonds is 5. The molecule has 1 aromatic rings. The Balaban J connectivity index is 1.94. The van der Waals surface area contributed by atoms with E-state index >= 15 is 0 Å². The second kappa shape index (κ2) is 5.40. The van der Waals surface area contributed by atoms with Crippen molar-refractivity contribution in [3.8, 4) is 0 Å². The van der Waals surface area contributed by atoms with Gasteiger partial charge in [-0.1, -0.05) is 26.0 Å². The van der Waals surface area contributed by atoms with Crippen LogP contribution in [-0.4, -0.2) is 24.3 Å². The van der Waals surface area contributed by atoms with Crippen LogP contribution in [0.3, 0.4) is 0 Å². The van der Waals surface area contributed by atoms with E-state index in [0.717, 1.165) is 18.4 Å². The summed E-state index contributed by atoms with van der Waals surface area (Å²) >= 11 is 0. The fourth-order valence-electron chi connectivity index (χ4n) is 2.03. The van der Waals surface area contributed by atoms with Crippen molar-refractivity contribution >= 4 is 6.03 Å². The summed E-state index contributed by atoms with van der Waals surface area (Å²) in [4.78, 5) is 11.9. The number of benzene rings is 1. The van der Waals surface area contributed by atoms with Gasteiger partial charge in [-0.05, 0) is 30.5 Å². The summed E-state index contributed by atoms with van der Waals surface area (Å²) < 4.78 is 13.3. The minimum Gasteiger partial charge on any atom is -0.396 e. The summed E-state index contributed by atoms with van der Waals surface area (Å²) in [6.45, 7) is 4.12. The Kier molecular flexibility index (Phi) is 3.99. The first-order valence-electron chi connectivity index (χ1n) is 6.80. The lowest BCUT2D eigenvalue weighted by Gasteiger charge is -2.24. The van der Waals surface area contributed by atoms with Gasteiger partial charge >= 0.3 is 6.03 Å². The monoisotopic (exact) mass is 280 g/mol. The molecule has 20 heavy (non-hydrogen) atoms. The third-order valence-corrected chi connectivity index (χ3v) is 3.64. The zero-order valence-electron chi connectivity index (χ0n) is 11.9. The van der Waals surface area contributed by atoms with Crippen molar-refractivity contribution in [3.05, 3.63) is 35.6 Å². The van der Waals surface area contributed by atoms with Gasteiger partial charge in [0.05, 0.1) is 5.54 Å². The molecule has 4 nitrogen and oxygen atoms in total. The number of carbonyl (C=O) groups is 1. The molecule has 1 aliphatic carbocycles. The van der Waals surface area contributed by atoms with Crippen LogP contribution >= 0.6 is 0 Å². The maximum Gasteiger partial charge on any atom is 0.315 e. The second-order valence-electron chi connectivity index (χ2n) is 6.22. The van der Waals surface area contributed by atoms with Crippen molar-refractivity contribution in [1.82, 2.24) is 10.6 Å². The van der Waals surface area contributed by atoms with Gasteiger partial charge in [0.15, 0.2) is 0 Å². The molecule has 0 atom stereocenters. The first kappa shape index (κ1) is 14.8. The Hall–Kier alpha value is -1.62. The van der Waals surface area contributed by atoms with Crippen LogP contribution in [0.1, 0.15) is 32.3 Å². The molecule has 1 aromatic carbocycles. The summed E-state index contributed by atoms with van der Waals surface area (Å²) in [6, 6.07) is 6.05. The van der Waals surface area contributed by atoms with E-state index in [0.29, 0.717) is 6.54 Å². The molecule has 0 radical (unpaired) electrons. The molecule has 0 heterocycles. The SMILES string of the molecule is CC(C)(CO)CNC(=O)NC1(c2cccc(F)c2)CC1. The number of halogens is 1. The normalized spacial score (nSPS) is 16.6. The van der Waals surface area contributed by atoms with Gasteiger partial charge < -0.3 is 15.7 Å². The molecule has 3 N–H and O–H groups in total. The average Bonchev–Trinajstić information content (AvgIpc) is 3.18. The van der Waals surface area contributed by atoms with Crippen molar-refractivity contribution in [2.45, 2.75) is 32.2 Å². The molecular weight excluding hydrogens is 259 g/mol. The number of hydrogen-bond donors (Lipinski definition) is 3. The molecule has 5 heteroatoms. The number of amides is 2. The first-order valence-corrected chi connectivity index (χ1v) is 6.80. The largest absolute Gasteiger partial charge is 0.396 e. The third-order valence-electron chi connectivity index (χ3n) is 3.64. The predicted molar refractivity (Wildman–Crippen MR) is 74.7 cm³/mol. The molecule has 2 rings (SSSR count). The van der Waals surface area contributed by atoms with Crippen molar-refractivity contribution in [2.24, 2.45) is 5.41 Å². The zero-order valence-corrected chi connectivity index (χ0v) is 11.9. The molecule has 1 fully saturated rings. The van der Waals surface area contributed by atoms with Gasteiger partial charge in [0, 0.05) is 18.6 Å². The van der Waals surface area contributed by atoms with Crippen molar-refractivity contribution < 1.29 is 14.3 Å². The van der Waals surface area contributed by atoms with Crippen molar-refractivity contribution in [2.75, 3.05) is 13.2 Å². The van der Waals surface area contributed by atoms with Crippen molar-refractivity contribution in [3.63, 3.8) is 0 Å². The minimum atomic E-state index is -0.435. The Bertz CT molecular complexity index is 498. The highest BCUT2D eigenvalue weighted by atomic mass is 19.1. The highest BCUT2D eigenvalue weighted by molar-refractivity contribution is 5.75. The molecule has 110 valence electrons. The maximum atomic E-state index is 13.3. The highest BCUT2D eigenvalue weighted by Gasteiger charge is 2.45. The van der Waals surface area contributed by atoms with Crippen LogP contribution in [0.25, 0.3) is 0 Å². The van der Waals surface area contributed by atoms with Crippen molar-refractivity contribution in [1.29, 1.82) is 0 Å². The fourth-order valence-corrected chi connectivity index (χ4v) is 2.03. The Morgan fingerprint density at radius 3 is 2.70 bits per heavy atom. The van der Waals surface area contributed by atoms with Crippen LogP contribution in [-0.2, 0) is 5.54 Å². The maximum absolute atomic E-state index is 13.3. The smallest absolute Gasteiger partial charge is 0.315 e. The van der Waals surface area contributed by atoms with Crippen LogP contribution < -0.4 is 10.6 Å². The molecule has 1 aliphatic rings. The topological polar surface area (TPSA) is 61.4 Å². The van der Waals surface area contributed by atoms with E-state index in [2.05, 4.69) is 10.6 Å². The summed E-state index contributed by atoms with van der Waals surface area (Å²) in [6.07, 6.45) is 1.63. The molecule has 1 saturated carbocycles. The summed E-state index contributed by atoms with van der Waals surface area (Å²) in [5.74, 6) is -0.294. The van der Waals surface area contributed by atoms with Crippen LogP contribution in [0.4, 0.5) is 9.18 Å². The quantitative estimate of drug-likeness (QED) is 0.774. The molecular formula is C15H21FN2O2. The van der Waals surface area contributed by atoms with E-state index in [-0.39, 0.29) is 23.9 Å². The fraction of sp³-hybridized carbons (Fsp3) is 0.533. The number of nitrogens with one attached hydrogen (secondary N) is 2. The lowest BCUT2D eigenvalue weighted by atomic mass is 9.95. The number of hydrogen-bond acceptors (Lipinski definition) is 2. The van der Waals surface area contributed by atoms with Crippen LogP contribution in [0.15, 0.2) is 24.3 Å². The molecule has 2 amide bonds. The Morgan fingerprint density at radius 2 is 2.15 bits per heavy atom. The molecule has 0 spiro atoms. The number of aliphatic hydroxyl groups excluding tert-OH is 1. The lowest BCUT2D eigenvalue weighted by Crippen LogP contribution is -2.45. The standard InChI is InChI=1S/C15H21FN2O2/c1-14(2,10-19)9-17-13(20)18-15(6-7-15)11-4-3-5-12(16)8-11/h3-5,8,19H,6-7,9-10H2,1-2H3,(H2,17,18,20). The van der Waals surface area contributed by atoms with E-state index in [1.165, 1.54) is 12.1 Å². The first-order chi connectivity index (χ1) is 9.37. The number of aliphatic hydroxyl groups is 1.